The van der Waals surface area contributed by atoms with Gasteiger partial charge in [-0.25, -0.2) is 0 Å². The number of nitrogens with zero attached hydrogens (tertiary/aromatic N) is 1. The lowest BCUT2D eigenvalue weighted by Crippen LogP contribution is -2.33. The Morgan fingerprint density at radius 2 is 1.71 bits per heavy atom. The molecule has 0 radical (unpaired) electrons. The molecule has 0 aliphatic heterocycles. The minimum atomic E-state index is 0.708. The lowest BCUT2D eigenvalue weighted by Gasteiger charge is -2.27. The van der Waals surface area contributed by atoms with Crippen LogP contribution in [0.4, 0.5) is 0 Å². The van der Waals surface area contributed by atoms with Crippen LogP contribution in [0.1, 0.15) is 40.0 Å². The van der Waals surface area contributed by atoms with Crippen LogP contribution in [-0.4, -0.2) is 38.1 Å². The van der Waals surface area contributed by atoms with E-state index in [1.165, 1.54) is 25.8 Å². The minimum absolute atomic E-state index is 0.708. The highest BCUT2D eigenvalue weighted by atomic mass is 15.1. The predicted octanol–water partition coefficient (Wildman–Crippen LogP) is 2.35. The Bertz CT molecular complexity index is 123. The quantitative estimate of drug-likeness (QED) is 0.605. The van der Waals surface area contributed by atoms with Crippen molar-refractivity contribution in [3.63, 3.8) is 0 Å². The smallest absolute Gasteiger partial charge is 0.00868 e. The van der Waals surface area contributed by atoms with Crippen molar-refractivity contribution in [3.8, 4) is 0 Å². The number of hydrogen-bond donors (Lipinski definition) is 1. The Balaban J connectivity index is 3.39. The third-order valence-corrected chi connectivity index (χ3v) is 3.10. The van der Waals surface area contributed by atoms with E-state index in [2.05, 4.69) is 38.0 Å². The van der Waals surface area contributed by atoms with Crippen LogP contribution in [0.2, 0.25) is 0 Å². The molecule has 86 valence electrons. The summed E-state index contributed by atoms with van der Waals surface area (Å²) >= 11 is 0. The van der Waals surface area contributed by atoms with Crippen molar-refractivity contribution in [2.45, 2.75) is 46.1 Å². The second-order valence-electron chi connectivity index (χ2n) is 4.63. The van der Waals surface area contributed by atoms with Gasteiger partial charge in [-0.2, -0.15) is 0 Å². The average Bonchev–Trinajstić information content (AvgIpc) is 2.16. The van der Waals surface area contributed by atoms with Crippen molar-refractivity contribution in [1.29, 1.82) is 0 Å². The minimum Gasteiger partial charge on any atom is -0.320 e. The Labute approximate surface area is 90.1 Å². The molecule has 1 atom stereocenters. The standard InChI is InChI=1S/C12H28N2/c1-11(2)12(3)14(5)10-8-6-7-9-13-4/h11-13H,6-10H2,1-5H3. The normalized spacial score (nSPS) is 13.9. The molecule has 0 aliphatic carbocycles. The zero-order valence-corrected chi connectivity index (χ0v) is 10.6. The van der Waals surface area contributed by atoms with Crippen molar-refractivity contribution in [2.24, 2.45) is 5.92 Å². The van der Waals surface area contributed by atoms with E-state index >= 15 is 0 Å². The molecular formula is C12H28N2. The summed E-state index contributed by atoms with van der Waals surface area (Å²) in [6.07, 6.45) is 3.98. The second kappa shape index (κ2) is 8.25. The van der Waals surface area contributed by atoms with Gasteiger partial charge >= 0.3 is 0 Å². The van der Waals surface area contributed by atoms with Gasteiger partial charge in [0.2, 0.25) is 0 Å². The lowest BCUT2D eigenvalue weighted by atomic mass is 10.0. The van der Waals surface area contributed by atoms with E-state index < -0.39 is 0 Å². The summed E-state index contributed by atoms with van der Waals surface area (Å²) < 4.78 is 0. The van der Waals surface area contributed by atoms with Crippen LogP contribution >= 0.6 is 0 Å². The van der Waals surface area contributed by atoms with Gasteiger partial charge in [-0.15, -0.1) is 0 Å². The van der Waals surface area contributed by atoms with Gasteiger partial charge in [0.1, 0.15) is 0 Å². The van der Waals surface area contributed by atoms with Gasteiger partial charge in [-0.05, 0) is 52.9 Å². The van der Waals surface area contributed by atoms with E-state index in [1.807, 2.05) is 7.05 Å². The van der Waals surface area contributed by atoms with Crippen LogP contribution in [-0.2, 0) is 0 Å². The van der Waals surface area contributed by atoms with E-state index in [4.69, 9.17) is 0 Å². The first kappa shape index (κ1) is 13.9. The average molecular weight is 200 g/mol. The summed E-state index contributed by atoms with van der Waals surface area (Å²) in [5, 5.41) is 3.18. The Morgan fingerprint density at radius 3 is 2.21 bits per heavy atom. The SMILES string of the molecule is CNCCCCCN(C)C(C)C(C)C. The molecule has 2 nitrogen and oxygen atoms in total. The first-order chi connectivity index (χ1) is 6.59. The maximum absolute atomic E-state index is 3.18. The fourth-order valence-electron chi connectivity index (χ4n) is 1.55. The Hall–Kier alpha value is -0.0800. The Kier molecular flexibility index (Phi) is 8.20. The van der Waals surface area contributed by atoms with Crippen molar-refractivity contribution < 1.29 is 0 Å². The number of unbranched alkanes of at least 4 members (excludes halogenated alkanes) is 2. The summed E-state index contributed by atoms with van der Waals surface area (Å²) in [5.74, 6) is 0.761. The highest BCUT2D eigenvalue weighted by molar-refractivity contribution is 4.66. The molecule has 0 fully saturated rings. The van der Waals surface area contributed by atoms with Gasteiger partial charge in [-0.3, -0.25) is 0 Å². The van der Waals surface area contributed by atoms with Crippen molar-refractivity contribution in [3.05, 3.63) is 0 Å². The fourth-order valence-corrected chi connectivity index (χ4v) is 1.55. The van der Waals surface area contributed by atoms with E-state index in [0.717, 1.165) is 12.5 Å². The maximum Gasteiger partial charge on any atom is 0.00868 e. The van der Waals surface area contributed by atoms with Crippen molar-refractivity contribution in [1.82, 2.24) is 10.2 Å². The van der Waals surface area contributed by atoms with Crippen LogP contribution in [0.25, 0.3) is 0 Å². The van der Waals surface area contributed by atoms with Crippen LogP contribution in [0, 0.1) is 5.92 Å². The predicted molar refractivity (Wildman–Crippen MR) is 64.7 cm³/mol. The van der Waals surface area contributed by atoms with E-state index in [-0.39, 0.29) is 0 Å². The van der Waals surface area contributed by atoms with Crippen LogP contribution in [0.5, 0.6) is 0 Å². The fraction of sp³-hybridized carbons (Fsp3) is 1.00. The molecule has 0 bridgehead atoms. The van der Waals surface area contributed by atoms with Crippen molar-refractivity contribution in [2.75, 3.05) is 27.2 Å². The summed E-state index contributed by atoms with van der Waals surface area (Å²) in [6.45, 7) is 9.30. The van der Waals surface area contributed by atoms with Gasteiger partial charge in [0, 0.05) is 6.04 Å². The summed E-state index contributed by atoms with van der Waals surface area (Å²) in [5.41, 5.74) is 0. The molecule has 0 aromatic heterocycles. The molecule has 0 rings (SSSR count). The molecule has 14 heavy (non-hydrogen) atoms. The van der Waals surface area contributed by atoms with E-state index in [1.54, 1.807) is 0 Å². The molecule has 0 spiro atoms. The molecule has 0 aromatic rings. The van der Waals surface area contributed by atoms with E-state index in [0.29, 0.717) is 6.04 Å². The highest BCUT2D eigenvalue weighted by Crippen LogP contribution is 2.09. The number of nitrogens with one attached hydrogen (secondary N) is 1. The monoisotopic (exact) mass is 200 g/mol. The van der Waals surface area contributed by atoms with Crippen molar-refractivity contribution >= 4 is 0 Å². The molecule has 0 amide bonds. The molecule has 0 aliphatic rings. The topological polar surface area (TPSA) is 15.3 Å². The van der Waals surface area contributed by atoms with Gasteiger partial charge in [0.15, 0.2) is 0 Å². The molecule has 0 aromatic carbocycles. The zero-order chi connectivity index (χ0) is 11.0. The molecular weight excluding hydrogens is 172 g/mol. The maximum atomic E-state index is 3.18. The van der Waals surface area contributed by atoms with Gasteiger partial charge in [0.05, 0.1) is 0 Å². The van der Waals surface area contributed by atoms with Crippen LogP contribution < -0.4 is 5.32 Å². The van der Waals surface area contributed by atoms with Gasteiger partial charge in [-0.1, -0.05) is 20.3 Å². The second-order valence-corrected chi connectivity index (χ2v) is 4.63. The van der Waals surface area contributed by atoms with Crippen LogP contribution in [0.15, 0.2) is 0 Å². The molecule has 0 heterocycles. The third-order valence-electron chi connectivity index (χ3n) is 3.10. The first-order valence-electron chi connectivity index (χ1n) is 5.94. The summed E-state index contributed by atoms with van der Waals surface area (Å²) in [7, 11) is 4.26. The zero-order valence-electron chi connectivity index (χ0n) is 10.6. The first-order valence-corrected chi connectivity index (χ1v) is 5.94. The van der Waals surface area contributed by atoms with Crippen LogP contribution in [0.3, 0.4) is 0 Å². The Morgan fingerprint density at radius 1 is 1.07 bits per heavy atom. The molecule has 1 N–H and O–H groups in total. The van der Waals surface area contributed by atoms with E-state index in [9.17, 15) is 0 Å². The summed E-state index contributed by atoms with van der Waals surface area (Å²) in [6, 6.07) is 0.708. The molecule has 0 saturated carbocycles. The molecule has 2 heteroatoms. The third kappa shape index (κ3) is 6.39. The summed E-state index contributed by atoms with van der Waals surface area (Å²) in [4.78, 5) is 2.48. The number of rotatable bonds is 8. The largest absolute Gasteiger partial charge is 0.320 e. The lowest BCUT2D eigenvalue weighted by molar-refractivity contribution is 0.204. The molecule has 1 unspecified atom stereocenters. The van der Waals surface area contributed by atoms with Gasteiger partial charge in [0.25, 0.3) is 0 Å². The molecule has 0 saturated heterocycles. The van der Waals surface area contributed by atoms with Gasteiger partial charge < -0.3 is 10.2 Å². The highest BCUT2D eigenvalue weighted by Gasteiger charge is 2.11. The number of hydrogen-bond acceptors (Lipinski definition) is 2.